The fourth-order valence-corrected chi connectivity index (χ4v) is 1.35. The standard InChI is InChI=1S/C10H13N3O/c1-8-6-13(7-12-8)4-3-10-5-11-9(2)14-10/h5-7H,3-4H2,1-2H3. The number of hydrogen-bond acceptors (Lipinski definition) is 3. The normalized spacial score (nSPS) is 10.7. The Balaban J connectivity index is 1.94. The first-order valence-corrected chi connectivity index (χ1v) is 4.64. The Labute approximate surface area is 82.6 Å². The summed E-state index contributed by atoms with van der Waals surface area (Å²) in [7, 11) is 0. The van der Waals surface area contributed by atoms with Gasteiger partial charge in [-0.05, 0) is 6.92 Å². The maximum absolute atomic E-state index is 5.37. The highest BCUT2D eigenvalue weighted by Gasteiger charge is 2.00. The molecular weight excluding hydrogens is 178 g/mol. The van der Waals surface area contributed by atoms with Crippen molar-refractivity contribution < 1.29 is 4.42 Å². The maximum Gasteiger partial charge on any atom is 0.191 e. The van der Waals surface area contributed by atoms with Crippen LogP contribution in [0.3, 0.4) is 0 Å². The van der Waals surface area contributed by atoms with Crippen molar-refractivity contribution in [1.29, 1.82) is 0 Å². The zero-order valence-electron chi connectivity index (χ0n) is 8.40. The summed E-state index contributed by atoms with van der Waals surface area (Å²) in [4.78, 5) is 8.19. The third-order valence-corrected chi connectivity index (χ3v) is 2.05. The second kappa shape index (κ2) is 3.65. The van der Waals surface area contributed by atoms with Gasteiger partial charge in [-0.15, -0.1) is 0 Å². The van der Waals surface area contributed by atoms with Crippen LogP contribution in [0.4, 0.5) is 0 Å². The van der Waals surface area contributed by atoms with Gasteiger partial charge in [-0.1, -0.05) is 0 Å². The number of nitrogens with zero attached hydrogens (tertiary/aromatic N) is 3. The molecule has 0 radical (unpaired) electrons. The van der Waals surface area contributed by atoms with Gasteiger partial charge in [0.05, 0.1) is 18.2 Å². The van der Waals surface area contributed by atoms with Crippen LogP contribution in [0.1, 0.15) is 17.3 Å². The molecule has 0 fully saturated rings. The number of rotatable bonds is 3. The van der Waals surface area contributed by atoms with E-state index in [1.807, 2.05) is 30.9 Å². The van der Waals surface area contributed by atoms with E-state index in [-0.39, 0.29) is 0 Å². The van der Waals surface area contributed by atoms with Crippen LogP contribution < -0.4 is 0 Å². The minimum absolute atomic E-state index is 0.724. The number of aryl methyl sites for hydroxylation is 4. The van der Waals surface area contributed by atoms with E-state index in [1.54, 1.807) is 6.20 Å². The molecule has 2 aromatic rings. The van der Waals surface area contributed by atoms with Gasteiger partial charge in [0.2, 0.25) is 0 Å². The van der Waals surface area contributed by atoms with E-state index >= 15 is 0 Å². The minimum atomic E-state index is 0.724. The molecule has 0 aliphatic rings. The van der Waals surface area contributed by atoms with Gasteiger partial charge in [-0.25, -0.2) is 9.97 Å². The molecule has 0 amide bonds. The fraction of sp³-hybridized carbons (Fsp3) is 0.400. The summed E-state index contributed by atoms with van der Waals surface area (Å²) in [6.07, 6.45) is 6.48. The summed E-state index contributed by atoms with van der Waals surface area (Å²) in [6, 6.07) is 0. The van der Waals surface area contributed by atoms with E-state index in [1.165, 1.54) is 0 Å². The average molecular weight is 191 g/mol. The summed E-state index contributed by atoms with van der Waals surface area (Å²) in [5.41, 5.74) is 1.04. The molecule has 2 aromatic heterocycles. The van der Waals surface area contributed by atoms with Crippen molar-refractivity contribution in [2.24, 2.45) is 0 Å². The van der Waals surface area contributed by atoms with E-state index in [4.69, 9.17) is 4.42 Å². The van der Waals surface area contributed by atoms with Gasteiger partial charge in [-0.3, -0.25) is 0 Å². The molecule has 74 valence electrons. The summed E-state index contributed by atoms with van der Waals surface area (Å²) >= 11 is 0. The first-order valence-electron chi connectivity index (χ1n) is 4.64. The molecule has 0 unspecified atom stereocenters. The molecule has 0 N–H and O–H groups in total. The summed E-state index contributed by atoms with van der Waals surface area (Å²) in [5.74, 6) is 1.65. The van der Waals surface area contributed by atoms with Gasteiger partial charge in [-0.2, -0.15) is 0 Å². The first-order chi connectivity index (χ1) is 6.74. The average Bonchev–Trinajstić information content (AvgIpc) is 2.72. The quantitative estimate of drug-likeness (QED) is 0.742. The highest BCUT2D eigenvalue weighted by molar-refractivity contribution is 4.95. The number of hydrogen-bond donors (Lipinski definition) is 0. The van der Waals surface area contributed by atoms with Crippen molar-refractivity contribution in [1.82, 2.24) is 14.5 Å². The molecule has 0 aliphatic carbocycles. The van der Waals surface area contributed by atoms with Crippen molar-refractivity contribution in [3.63, 3.8) is 0 Å². The van der Waals surface area contributed by atoms with Crippen LogP contribution in [-0.2, 0) is 13.0 Å². The largest absolute Gasteiger partial charge is 0.446 e. The highest BCUT2D eigenvalue weighted by Crippen LogP contribution is 2.04. The lowest BCUT2D eigenvalue weighted by Gasteiger charge is -1.97. The SMILES string of the molecule is Cc1cn(CCc2cnc(C)o2)cn1. The fourth-order valence-electron chi connectivity index (χ4n) is 1.35. The summed E-state index contributed by atoms with van der Waals surface area (Å²) < 4.78 is 7.42. The van der Waals surface area contributed by atoms with Gasteiger partial charge >= 0.3 is 0 Å². The summed E-state index contributed by atoms with van der Waals surface area (Å²) in [5, 5.41) is 0. The predicted molar refractivity (Wildman–Crippen MR) is 51.9 cm³/mol. The van der Waals surface area contributed by atoms with Crippen molar-refractivity contribution in [2.75, 3.05) is 0 Å². The highest BCUT2D eigenvalue weighted by atomic mass is 16.3. The van der Waals surface area contributed by atoms with Crippen LogP contribution >= 0.6 is 0 Å². The Morgan fingerprint density at radius 1 is 1.36 bits per heavy atom. The third kappa shape index (κ3) is 2.02. The molecule has 2 rings (SSSR count). The van der Waals surface area contributed by atoms with E-state index in [2.05, 4.69) is 9.97 Å². The first kappa shape index (κ1) is 8.99. The maximum atomic E-state index is 5.37. The number of imidazole rings is 1. The Bertz CT molecular complexity index is 376. The van der Waals surface area contributed by atoms with Crippen LogP contribution in [0.5, 0.6) is 0 Å². The van der Waals surface area contributed by atoms with Crippen molar-refractivity contribution >= 4 is 0 Å². The zero-order valence-corrected chi connectivity index (χ0v) is 8.40. The Morgan fingerprint density at radius 3 is 2.79 bits per heavy atom. The Kier molecular flexibility index (Phi) is 2.35. The lowest BCUT2D eigenvalue weighted by molar-refractivity contribution is 0.462. The molecular formula is C10H13N3O. The third-order valence-electron chi connectivity index (χ3n) is 2.05. The van der Waals surface area contributed by atoms with Gasteiger partial charge in [0.1, 0.15) is 5.76 Å². The lowest BCUT2D eigenvalue weighted by atomic mass is 10.3. The minimum Gasteiger partial charge on any atom is -0.446 e. The molecule has 4 nitrogen and oxygen atoms in total. The number of oxazole rings is 1. The summed E-state index contributed by atoms with van der Waals surface area (Å²) in [6.45, 7) is 4.72. The van der Waals surface area contributed by atoms with Gasteiger partial charge < -0.3 is 8.98 Å². The van der Waals surface area contributed by atoms with E-state index < -0.39 is 0 Å². The van der Waals surface area contributed by atoms with E-state index in [0.29, 0.717) is 0 Å². The Morgan fingerprint density at radius 2 is 2.21 bits per heavy atom. The second-order valence-electron chi connectivity index (χ2n) is 3.35. The van der Waals surface area contributed by atoms with Crippen LogP contribution in [0.25, 0.3) is 0 Å². The molecule has 0 atom stereocenters. The smallest absolute Gasteiger partial charge is 0.191 e. The molecule has 0 saturated heterocycles. The van der Waals surface area contributed by atoms with Gasteiger partial charge in [0, 0.05) is 26.1 Å². The molecule has 0 aromatic carbocycles. The van der Waals surface area contributed by atoms with Crippen LogP contribution in [-0.4, -0.2) is 14.5 Å². The van der Waals surface area contributed by atoms with Crippen LogP contribution in [0.2, 0.25) is 0 Å². The zero-order chi connectivity index (χ0) is 9.97. The van der Waals surface area contributed by atoms with Gasteiger partial charge in [0.25, 0.3) is 0 Å². The number of aromatic nitrogens is 3. The molecule has 4 heteroatoms. The van der Waals surface area contributed by atoms with E-state index in [0.717, 1.165) is 30.3 Å². The van der Waals surface area contributed by atoms with Crippen LogP contribution in [0, 0.1) is 13.8 Å². The molecule has 0 bridgehead atoms. The monoisotopic (exact) mass is 191 g/mol. The van der Waals surface area contributed by atoms with E-state index in [9.17, 15) is 0 Å². The van der Waals surface area contributed by atoms with Crippen molar-refractivity contribution in [3.05, 3.63) is 36.1 Å². The molecule has 0 aliphatic heterocycles. The molecule has 0 saturated carbocycles. The topological polar surface area (TPSA) is 43.9 Å². The predicted octanol–water partition coefficient (Wildman–Crippen LogP) is 1.73. The van der Waals surface area contributed by atoms with Gasteiger partial charge in [0.15, 0.2) is 5.89 Å². The van der Waals surface area contributed by atoms with Crippen molar-refractivity contribution in [2.45, 2.75) is 26.8 Å². The second-order valence-corrected chi connectivity index (χ2v) is 3.35. The Hall–Kier alpha value is -1.58. The van der Waals surface area contributed by atoms with Crippen LogP contribution in [0.15, 0.2) is 23.1 Å². The molecule has 2 heterocycles. The molecule has 0 spiro atoms. The molecule has 14 heavy (non-hydrogen) atoms. The van der Waals surface area contributed by atoms with Crippen molar-refractivity contribution in [3.8, 4) is 0 Å². The lowest BCUT2D eigenvalue weighted by Crippen LogP contribution is -1.97.